The molecule has 0 spiro atoms. The summed E-state index contributed by atoms with van der Waals surface area (Å²) in [4.78, 5) is 17.1. The van der Waals surface area contributed by atoms with Crippen molar-refractivity contribution >= 4 is 6.03 Å². The number of methoxy groups -OCH3 is 2. The van der Waals surface area contributed by atoms with E-state index in [2.05, 4.69) is 10.2 Å². The number of hydrogen-bond donors (Lipinski definition) is 1. The number of carbonyl (C=O) groups is 1. The van der Waals surface area contributed by atoms with Crippen molar-refractivity contribution < 1.29 is 18.7 Å². The van der Waals surface area contributed by atoms with Crippen LogP contribution in [0.15, 0.2) is 36.4 Å². The van der Waals surface area contributed by atoms with Crippen molar-refractivity contribution in [2.45, 2.75) is 38.4 Å². The third kappa shape index (κ3) is 5.10. The largest absolute Gasteiger partial charge is 0.493 e. The molecule has 0 atom stereocenters. The van der Waals surface area contributed by atoms with Gasteiger partial charge < -0.3 is 19.7 Å². The van der Waals surface area contributed by atoms with Crippen LogP contribution >= 0.6 is 0 Å². The van der Waals surface area contributed by atoms with Gasteiger partial charge in [0.25, 0.3) is 0 Å². The molecule has 2 amide bonds. The summed E-state index contributed by atoms with van der Waals surface area (Å²) >= 11 is 0. The third-order valence-corrected chi connectivity index (χ3v) is 6.24. The van der Waals surface area contributed by atoms with Crippen LogP contribution in [-0.4, -0.2) is 55.7 Å². The van der Waals surface area contributed by atoms with Crippen LogP contribution < -0.4 is 14.8 Å². The van der Waals surface area contributed by atoms with Gasteiger partial charge in [0.05, 0.1) is 14.2 Å². The molecule has 7 heteroatoms. The highest BCUT2D eigenvalue weighted by atomic mass is 19.1. The van der Waals surface area contributed by atoms with Gasteiger partial charge >= 0.3 is 6.03 Å². The van der Waals surface area contributed by atoms with Gasteiger partial charge in [0.2, 0.25) is 0 Å². The molecule has 0 bridgehead atoms. The highest BCUT2D eigenvalue weighted by Crippen LogP contribution is 2.33. The molecule has 1 fully saturated rings. The Bertz CT molecular complexity index is 911. The van der Waals surface area contributed by atoms with Crippen molar-refractivity contribution in [3.8, 4) is 11.5 Å². The lowest BCUT2D eigenvalue weighted by Gasteiger charge is -2.35. The number of likely N-dealkylation sites (tertiary alicyclic amines) is 1. The summed E-state index contributed by atoms with van der Waals surface area (Å²) in [6, 6.07) is 10.8. The fourth-order valence-electron chi connectivity index (χ4n) is 4.41. The topological polar surface area (TPSA) is 54.0 Å². The molecule has 0 unspecified atom stereocenters. The van der Waals surface area contributed by atoms with Crippen molar-refractivity contribution in [2.75, 3.05) is 33.9 Å². The van der Waals surface area contributed by atoms with E-state index in [9.17, 15) is 9.18 Å². The molecule has 2 aliphatic heterocycles. The van der Waals surface area contributed by atoms with Crippen molar-refractivity contribution in [2.24, 2.45) is 0 Å². The lowest BCUT2D eigenvalue weighted by molar-refractivity contribution is 0.165. The van der Waals surface area contributed by atoms with Gasteiger partial charge in [-0.15, -0.1) is 0 Å². The fourth-order valence-corrected chi connectivity index (χ4v) is 4.41. The molecule has 0 radical (unpaired) electrons. The molecule has 166 valence electrons. The van der Waals surface area contributed by atoms with Gasteiger partial charge in [-0.1, -0.05) is 12.1 Å². The number of piperidine rings is 1. The third-order valence-electron chi connectivity index (χ3n) is 6.24. The molecule has 2 heterocycles. The minimum absolute atomic E-state index is 0.00239. The molecule has 2 aromatic carbocycles. The zero-order valence-electron chi connectivity index (χ0n) is 18.2. The second-order valence-corrected chi connectivity index (χ2v) is 8.27. The van der Waals surface area contributed by atoms with E-state index in [4.69, 9.17) is 9.47 Å². The van der Waals surface area contributed by atoms with E-state index in [1.54, 1.807) is 14.2 Å². The van der Waals surface area contributed by atoms with Gasteiger partial charge in [0.15, 0.2) is 11.5 Å². The van der Waals surface area contributed by atoms with Crippen LogP contribution in [0.5, 0.6) is 11.5 Å². The summed E-state index contributed by atoms with van der Waals surface area (Å²) in [5.74, 6) is 1.21. The molecule has 1 N–H and O–H groups in total. The first-order valence-corrected chi connectivity index (χ1v) is 10.8. The number of ether oxygens (including phenoxy) is 2. The number of nitrogens with one attached hydrogen (secondary N) is 1. The molecule has 0 aliphatic carbocycles. The zero-order chi connectivity index (χ0) is 21.8. The predicted molar refractivity (Wildman–Crippen MR) is 117 cm³/mol. The first-order chi connectivity index (χ1) is 15.1. The predicted octanol–water partition coefficient (Wildman–Crippen LogP) is 3.58. The summed E-state index contributed by atoms with van der Waals surface area (Å²) < 4.78 is 23.9. The van der Waals surface area contributed by atoms with Crippen LogP contribution in [0.3, 0.4) is 0 Å². The number of benzene rings is 2. The summed E-state index contributed by atoms with van der Waals surface area (Å²) in [6.07, 6.45) is 2.64. The molecule has 2 aromatic rings. The van der Waals surface area contributed by atoms with Crippen LogP contribution in [0.4, 0.5) is 9.18 Å². The lowest BCUT2D eigenvalue weighted by Crippen LogP contribution is -2.50. The van der Waals surface area contributed by atoms with Gasteiger partial charge in [0.1, 0.15) is 5.82 Å². The van der Waals surface area contributed by atoms with Crippen LogP contribution in [0.1, 0.15) is 29.5 Å². The SMILES string of the molecule is COc1cc2c(cc1OC)CN(C(=O)NC1CCN(Cc3ccc(F)cc3)CC1)CC2. The van der Waals surface area contributed by atoms with Gasteiger partial charge in [-0.3, -0.25) is 4.90 Å². The van der Waals surface area contributed by atoms with E-state index < -0.39 is 0 Å². The molecule has 6 nitrogen and oxygen atoms in total. The minimum Gasteiger partial charge on any atom is -0.493 e. The number of fused-ring (bicyclic) bond motifs is 1. The number of amides is 2. The molecule has 1 saturated heterocycles. The van der Waals surface area contributed by atoms with Crippen molar-refractivity contribution in [3.63, 3.8) is 0 Å². The second-order valence-electron chi connectivity index (χ2n) is 8.27. The Hall–Kier alpha value is -2.80. The maximum absolute atomic E-state index is 13.1. The normalized spacial score (nSPS) is 17.2. The van der Waals surface area contributed by atoms with E-state index in [1.165, 1.54) is 17.7 Å². The first kappa shape index (κ1) is 21.4. The smallest absolute Gasteiger partial charge is 0.317 e. The van der Waals surface area contributed by atoms with Gasteiger partial charge in [-0.05, 0) is 60.2 Å². The number of nitrogens with zero attached hydrogens (tertiary/aromatic N) is 2. The standard InChI is InChI=1S/C24H30FN3O3/c1-30-22-13-18-7-12-28(16-19(18)14-23(22)31-2)24(29)26-21-8-10-27(11-9-21)15-17-3-5-20(25)6-4-17/h3-6,13-14,21H,7-12,15-16H2,1-2H3,(H,26,29). The second kappa shape index (κ2) is 9.56. The average Bonchev–Trinajstić information content (AvgIpc) is 2.80. The summed E-state index contributed by atoms with van der Waals surface area (Å²) in [5.41, 5.74) is 3.42. The van der Waals surface area contributed by atoms with Crippen molar-refractivity contribution in [3.05, 3.63) is 58.9 Å². The summed E-state index contributed by atoms with van der Waals surface area (Å²) in [5, 5.41) is 3.22. The Morgan fingerprint density at radius 1 is 1.03 bits per heavy atom. The molecule has 0 aromatic heterocycles. The van der Waals surface area contributed by atoms with Crippen molar-refractivity contribution in [1.29, 1.82) is 0 Å². The average molecular weight is 428 g/mol. The molecule has 2 aliphatic rings. The van der Waals surface area contributed by atoms with Crippen LogP contribution in [0.2, 0.25) is 0 Å². The van der Waals surface area contributed by atoms with Crippen LogP contribution in [0, 0.1) is 5.82 Å². The Labute approximate surface area is 182 Å². The number of urea groups is 1. The molecule has 4 rings (SSSR count). The van der Waals surface area contributed by atoms with Gasteiger partial charge in [-0.25, -0.2) is 9.18 Å². The van der Waals surface area contributed by atoms with E-state index in [-0.39, 0.29) is 17.9 Å². The number of rotatable bonds is 5. The van der Waals surface area contributed by atoms with E-state index in [1.807, 2.05) is 29.2 Å². The molecular formula is C24H30FN3O3. The Kier molecular flexibility index (Phi) is 6.61. The zero-order valence-corrected chi connectivity index (χ0v) is 18.2. The molecular weight excluding hydrogens is 397 g/mol. The maximum atomic E-state index is 13.1. The van der Waals surface area contributed by atoms with Crippen LogP contribution in [0.25, 0.3) is 0 Å². The number of carbonyl (C=O) groups excluding carboxylic acids is 1. The van der Waals surface area contributed by atoms with Crippen LogP contribution in [-0.2, 0) is 19.5 Å². The van der Waals surface area contributed by atoms with Crippen molar-refractivity contribution in [1.82, 2.24) is 15.1 Å². The Balaban J connectivity index is 1.28. The fraction of sp³-hybridized carbons (Fsp3) is 0.458. The minimum atomic E-state index is -0.205. The quantitative estimate of drug-likeness (QED) is 0.793. The number of halogens is 1. The van der Waals surface area contributed by atoms with E-state index in [0.717, 1.165) is 55.8 Å². The molecule has 0 saturated carbocycles. The highest BCUT2D eigenvalue weighted by molar-refractivity contribution is 5.75. The Morgan fingerprint density at radius 2 is 1.68 bits per heavy atom. The van der Waals surface area contributed by atoms with E-state index >= 15 is 0 Å². The summed E-state index contributed by atoms with van der Waals surface area (Å²) in [6.45, 7) is 3.92. The molecule has 31 heavy (non-hydrogen) atoms. The van der Waals surface area contributed by atoms with Gasteiger partial charge in [-0.2, -0.15) is 0 Å². The monoisotopic (exact) mass is 427 g/mol. The van der Waals surface area contributed by atoms with E-state index in [0.29, 0.717) is 18.8 Å². The maximum Gasteiger partial charge on any atom is 0.317 e. The first-order valence-electron chi connectivity index (χ1n) is 10.8. The highest BCUT2D eigenvalue weighted by Gasteiger charge is 2.26. The van der Waals surface area contributed by atoms with Gasteiger partial charge in [0, 0.05) is 38.8 Å². The lowest BCUT2D eigenvalue weighted by atomic mass is 9.99. The number of hydrogen-bond acceptors (Lipinski definition) is 4. The summed E-state index contributed by atoms with van der Waals surface area (Å²) in [7, 11) is 3.26. The Morgan fingerprint density at radius 3 is 2.32 bits per heavy atom.